The molecule has 2 aromatic carbocycles. The largest absolute Gasteiger partial charge is 0.383 e. The monoisotopic (exact) mass is 552 g/mol. The predicted molar refractivity (Wildman–Crippen MR) is 143 cm³/mol. The highest BCUT2D eigenvalue weighted by Crippen LogP contribution is 2.33. The van der Waals surface area contributed by atoms with E-state index in [9.17, 15) is 21.9 Å². The van der Waals surface area contributed by atoms with Crippen molar-refractivity contribution < 1.29 is 26.7 Å². The smallest absolute Gasteiger partial charge is 0.304 e. The summed E-state index contributed by atoms with van der Waals surface area (Å²) in [6.45, 7) is 2.17. The van der Waals surface area contributed by atoms with Crippen LogP contribution in [-0.4, -0.2) is 89.6 Å². The molecule has 0 aliphatic carbocycles. The molecule has 1 aliphatic heterocycles. The van der Waals surface area contributed by atoms with Gasteiger partial charge < -0.3 is 9.84 Å². The molecule has 1 aliphatic rings. The maximum atomic E-state index is 13.0. The molecule has 1 atom stereocenters. The summed E-state index contributed by atoms with van der Waals surface area (Å²) >= 11 is 0. The van der Waals surface area contributed by atoms with Crippen LogP contribution in [0.3, 0.4) is 0 Å². The molecule has 0 aromatic heterocycles. The normalized spacial score (nSPS) is 18.7. The standard InChI is InChI=1S/C23H32N6O6S2/c1-5-28(15-16-35-3)37(33,34)27-22(24-2)29-17-23(30,19-9-7-6-8-10-19)21(25-29)18-11-13-20(14-12-18)26-36(4,31)32/h6-14,26,30H,5,15-17H2,1-4H3,(H,24,27). The Kier molecular flexibility index (Phi) is 8.92. The maximum Gasteiger partial charge on any atom is 0.304 e. The van der Waals surface area contributed by atoms with Crippen molar-refractivity contribution in [2.75, 3.05) is 51.4 Å². The zero-order chi connectivity index (χ0) is 27.3. The first-order valence-electron chi connectivity index (χ1n) is 11.4. The number of rotatable bonds is 10. The van der Waals surface area contributed by atoms with Gasteiger partial charge in [-0.25, -0.2) is 18.1 Å². The van der Waals surface area contributed by atoms with Gasteiger partial charge in [0.25, 0.3) is 0 Å². The van der Waals surface area contributed by atoms with Crippen LogP contribution < -0.4 is 9.44 Å². The molecule has 0 fully saturated rings. The molecule has 0 radical (unpaired) electrons. The van der Waals surface area contributed by atoms with Crippen molar-refractivity contribution in [1.29, 1.82) is 0 Å². The Hall–Kier alpha value is -3.04. The van der Waals surface area contributed by atoms with Gasteiger partial charge in [0.2, 0.25) is 16.0 Å². The van der Waals surface area contributed by atoms with Crippen molar-refractivity contribution >= 4 is 37.6 Å². The fourth-order valence-electron chi connectivity index (χ4n) is 3.84. The van der Waals surface area contributed by atoms with Gasteiger partial charge in [-0.15, -0.1) is 0 Å². The molecule has 3 rings (SSSR count). The van der Waals surface area contributed by atoms with Crippen LogP contribution in [0.5, 0.6) is 0 Å². The summed E-state index contributed by atoms with van der Waals surface area (Å²) in [4.78, 5) is 4.09. The summed E-state index contributed by atoms with van der Waals surface area (Å²) in [6, 6.07) is 15.2. The molecule has 1 heterocycles. The predicted octanol–water partition coefficient (Wildman–Crippen LogP) is 0.754. The number of nitrogens with zero attached hydrogens (tertiary/aromatic N) is 4. The minimum atomic E-state index is -3.99. The van der Waals surface area contributed by atoms with E-state index in [4.69, 9.17) is 4.74 Å². The lowest BCUT2D eigenvalue weighted by Gasteiger charge is -2.27. The SMILES string of the molecule is CCN(CCOC)S(=O)(=O)NC(=NC)N1CC(O)(c2ccccc2)C(c2ccc(NS(C)(=O)=O)cc2)=N1. The Morgan fingerprint density at radius 2 is 1.81 bits per heavy atom. The number of hydrogen-bond acceptors (Lipinski definition) is 8. The van der Waals surface area contributed by atoms with Gasteiger partial charge in [0.15, 0.2) is 5.60 Å². The number of nitrogens with one attached hydrogen (secondary N) is 2. The number of likely N-dealkylation sites (N-methyl/N-ethyl adjacent to an activating group) is 1. The van der Waals surface area contributed by atoms with Crippen LogP contribution in [0, 0.1) is 0 Å². The first kappa shape index (κ1) is 28.5. The molecule has 14 heteroatoms. The Morgan fingerprint density at radius 1 is 1.16 bits per heavy atom. The highest BCUT2D eigenvalue weighted by Gasteiger charge is 2.45. The lowest BCUT2D eigenvalue weighted by molar-refractivity contribution is 0.103. The summed E-state index contributed by atoms with van der Waals surface area (Å²) in [6.07, 6.45) is 1.05. The van der Waals surface area contributed by atoms with Gasteiger partial charge >= 0.3 is 10.2 Å². The van der Waals surface area contributed by atoms with Crippen molar-refractivity contribution in [3.05, 3.63) is 65.7 Å². The number of hydrogen-bond donors (Lipinski definition) is 3. The molecule has 0 saturated heterocycles. The zero-order valence-corrected chi connectivity index (χ0v) is 22.8. The molecule has 0 spiro atoms. The van der Waals surface area contributed by atoms with E-state index in [1.807, 2.05) is 6.07 Å². The number of benzene rings is 2. The van der Waals surface area contributed by atoms with Gasteiger partial charge in [-0.2, -0.15) is 17.8 Å². The molecule has 0 bridgehead atoms. The fourth-order valence-corrected chi connectivity index (χ4v) is 5.61. The molecule has 37 heavy (non-hydrogen) atoms. The number of aliphatic imine (C=N–C) groups is 1. The van der Waals surface area contributed by atoms with Crippen molar-refractivity contribution in [2.45, 2.75) is 12.5 Å². The molecule has 1 unspecified atom stereocenters. The number of aliphatic hydroxyl groups is 1. The molecule has 0 saturated carbocycles. The second-order valence-corrected chi connectivity index (χ2v) is 11.7. The van der Waals surface area contributed by atoms with E-state index in [2.05, 4.69) is 19.5 Å². The fraction of sp³-hybridized carbons (Fsp3) is 0.391. The van der Waals surface area contributed by atoms with E-state index >= 15 is 0 Å². The Labute approximate surface area is 217 Å². The Balaban J connectivity index is 1.99. The van der Waals surface area contributed by atoms with Crippen LogP contribution >= 0.6 is 0 Å². The summed E-state index contributed by atoms with van der Waals surface area (Å²) in [7, 11) is -4.54. The van der Waals surface area contributed by atoms with E-state index in [0.717, 1.165) is 6.26 Å². The van der Waals surface area contributed by atoms with Crippen LogP contribution in [-0.2, 0) is 30.6 Å². The third kappa shape index (κ3) is 6.84. The quantitative estimate of drug-likeness (QED) is 0.290. The molecule has 12 nitrogen and oxygen atoms in total. The van der Waals surface area contributed by atoms with Gasteiger partial charge in [-0.05, 0) is 17.7 Å². The summed E-state index contributed by atoms with van der Waals surface area (Å²) in [5, 5.41) is 17.7. The van der Waals surface area contributed by atoms with E-state index in [1.165, 1.54) is 23.5 Å². The number of hydrazone groups is 1. The second-order valence-electron chi connectivity index (χ2n) is 8.32. The maximum absolute atomic E-state index is 13.0. The topological polar surface area (TPSA) is 153 Å². The first-order valence-corrected chi connectivity index (χ1v) is 14.7. The number of guanidine groups is 1. The number of anilines is 1. The molecule has 0 amide bonds. The van der Waals surface area contributed by atoms with E-state index in [1.54, 1.807) is 55.5 Å². The molecule has 3 N–H and O–H groups in total. The van der Waals surface area contributed by atoms with Crippen molar-refractivity contribution in [3.8, 4) is 0 Å². The second kappa shape index (κ2) is 11.6. The zero-order valence-electron chi connectivity index (χ0n) is 21.1. The summed E-state index contributed by atoms with van der Waals surface area (Å²) in [5.74, 6) is -0.0735. The van der Waals surface area contributed by atoms with Crippen molar-refractivity contribution in [2.24, 2.45) is 10.1 Å². The number of β-amino-alcohol motifs (C(OH)–C–C–N with tert-alkyl or cyclic N) is 1. The number of sulfonamides is 1. The Bertz CT molecular complexity index is 1350. The Morgan fingerprint density at radius 3 is 2.35 bits per heavy atom. The average Bonchev–Trinajstić information content (AvgIpc) is 3.21. The van der Waals surface area contributed by atoms with Gasteiger partial charge in [-0.3, -0.25) is 9.71 Å². The van der Waals surface area contributed by atoms with Gasteiger partial charge in [0.05, 0.1) is 19.4 Å². The molecular formula is C23H32N6O6S2. The molecule has 202 valence electrons. The van der Waals surface area contributed by atoms with Crippen LogP contribution in [0.25, 0.3) is 0 Å². The van der Waals surface area contributed by atoms with Crippen LogP contribution in [0.1, 0.15) is 18.1 Å². The molecule has 2 aromatic rings. The van der Waals surface area contributed by atoms with Crippen molar-refractivity contribution in [3.63, 3.8) is 0 Å². The number of ether oxygens (including phenoxy) is 1. The lowest BCUT2D eigenvalue weighted by atomic mass is 9.86. The van der Waals surface area contributed by atoms with E-state index in [-0.39, 0.29) is 37.9 Å². The van der Waals surface area contributed by atoms with Gasteiger partial charge in [0, 0.05) is 38.5 Å². The lowest BCUT2D eigenvalue weighted by Crippen LogP contribution is -2.50. The number of methoxy groups -OCH3 is 1. The first-order chi connectivity index (χ1) is 17.4. The van der Waals surface area contributed by atoms with Crippen LogP contribution in [0.4, 0.5) is 5.69 Å². The highest BCUT2D eigenvalue weighted by atomic mass is 32.2. The third-order valence-electron chi connectivity index (χ3n) is 5.62. The van der Waals surface area contributed by atoms with E-state index in [0.29, 0.717) is 16.8 Å². The third-order valence-corrected chi connectivity index (χ3v) is 7.79. The summed E-state index contributed by atoms with van der Waals surface area (Å²) < 4.78 is 60.2. The van der Waals surface area contributed by atoms with Gasteiger partial charge in [0.1, 0.15) is 5.71 Å². The molecular weight excluding hydrogens is 520 g/mol. The minimum Gasteiger partial charge on any atom is -0.383 e. The average molecular weight is 553 g/mol. The van der Waals surface area contributed by atoms with Crippen LogP contribution in [0.15, 0.2) is 64.7 Å². The highest BCUT2D eigenvalue weighted by molar-refractivity contribution is 7.92. The van der Waals surface area contributed by atoms with Crippen LogP contribution in [0.2, 0.25) is 0 Å². The summed E-state index contributed by atoms with van der Waals surface area (Å²) in [5.41, 5.74) is 0.0418. The van der Waals surface area contributed by atoms with Crippen molar-refractivity contribution in [1.82, 2.24) is 14.0 Å². The van der Waals surface area contributed by atoms with Gasteiger partial charge in [-0.1, -0.05) is 49.4 Å². The minimum absolute atomic E-state index is 0.0735. The van der Waals surface area contributed by atoms with E-state index < -0.39 is 25.8 Å².